The molecule has 80 valence electrons. The summed E-state index contributed by atoms with van der Waals surface area (Å²) in [6.45, 7) is 1.62. The lowest BCUT2D eigenvalue weighted by Gasteiger charge is -2.02. The molecule has 0 atom stereocenters. The summed E-state index contributed by atoms with van der Waals surface area (Å²) in [6, 6.07) is 2.26. The third-order valence-corrected chi connectivity index (χ3v) is 1.97. The van der Waals surface area contributed by atoms with Crippen LogP contribution >= 0.6 is 0 Å². The number of nitro benzene ring substituents is 2. The molecule has 0 unspecified atom stereocenters. The second kappa shape index (κ2) is 3.91. The van der Waals surface area contributed by atoms with Crippen molar-refractivity contribution in [3.05, 3.63) is 37.9 Å². The van der Waals surface area contributed by atoms with Gasteiger partial charge in [-0.2, -0.15) is 0 Å². The van der Waals surface area contributed by atoms with Crippen LogP contribution in [0.2, 0.25) is 0 Å². The third kappa shape index (κ3) is 2.01. The SMILES string of the molecule is CCc1c([N+](=O)[O-])cc(N)cc1[N+](=O)[O-]. The zero-order chi connectivity index (χ0) is 11.6. The molecule has 0 heterocycles. The molecule has 0 aromatic heterocycles. The van der Waals surface area contributed by atoms with Crippen LogP contribution in [0.1, 0.15) is 12.5 Å². The van der Waals surface area contributed by atoms with E-state index in [1.54, 1.807) is 6.92 Å². The van der Waals surface area contributed by atoms with E-state index in [4.69, 9.17) is 5.73 Å². The molecule has 7 nitrogen and oxygen atoms in total. The van der Waals surface area contributed by atoms with Crippen LogP contribution in [-0.4, -0.2) is 9.85 Å². The van der Waals surface area contributed by atoms with Gasteiger partial charge in [0, 0.05) is 17.8 Å². The predicted octanol–water partition coefficient (Wildman–Crippen LogP) is 1.65. The van der Waals surface area contributed by atoms with Crippen LogP contribution in [0.4, 0.5) is 17.1 Å². The molecule has 2 N–H and O–H groups in total. The van der Waals surface area contributed by atoms with Crippen molar-refractivity contribution >= 4 is 17.1 Å². The molecule has 15 heavy (non-hydrogen) atoms. The topological polar surface area (TPSA) is 112 Å². The highest BCUT2D eigenvalue weighted by atomic mass is 16.6. The summed E-state index contributed by atoms with van der Waals surface area (Å²) in [6.07, 6.45) is 0.215. The number of benzene rings is 1. The maximum Gasteiger partial charge on any atom is 0.281 e. The first kappa shape index (κ1) is 10.9. The molecule has 1 rings (SSSR count). The number of nitrogens with two attached hydrogens (primary N) is 1. The molecule has 7 heteroatoms. The maximum atomic E-state index is 10.6. The third-order valence-electron chi connectivity index (χ3n) is 1.97. The molecular formula is C8H9N3O4. The largest absolute Gasteiger partial charge is 0.398 e. The quantitative estimate of drug-likeness (QED) is 0.464. The predicted molar refractivity (Wildman–Crippen MR) is 53.5 cm³/mol. The molecule has 0 saturated heterocycles. The standard InChI is InChI=1S/C8H9N3O4/c1-2-6-7(10(12)13)3-5(9)4-8(6)11(14)15/h3-4H,2,9H2,1H3. The number of anilines is 1. The molecular weight excluding hydrogens is 202 g/mol. The van der Waals surface area contributed by atoms with Gasteiger partial charge in [-0.05, 0) is 6.42 Å². The highest BCUT2D eigenvalue weighted by Crippen LogP contribution is 2.31. The smallest absolute Gasteiger partial charge is 0.281 e. The summed E-state index contributed by atoms with van der Waals surface area (Å²) in [4.78, 5) is 19.9. The average Bonchev–Trinajstić information content (AvgIpc) is 2.16. The van der Waals surface area contributed by atoms with Gasteiger partial charge in [0.25, 0.3) is 11.4 Å². The van der Waals surface area contributed by atoms with E-state index in [0.29, 0.717) is 0 Å². The minimum absolute atomic E-state index is 0.0191. The van der Waals surface area contributed by atoms with Gasteiger partial charge in [0.05, 0.1) is 9.85 Å². The van der Waals surface area contributed by atoms with Crippen molar-refractivity contribution in [2.24, 2.45) is 0 Å². The summed E-state index contributed by atoms with van der Waals surface area (Å²) < 4.78 is 0. The molecule has 0 aliphatic rings. The van der Waals surface area contributed by atoms with Gasteiger partial charge in [-0.25, -0.2) is 0 Å². The Morgan fingerprint density at radius 3 is 1.87 bits per heavy atom. The first-order valence-electron chi connectivity index (χ1n) is 4.18. The van der Waals surface area contributed by atoms with E-state index >= 15 is 0 Å². The van der Waals surface area contributed by atoms with E-state index in [0.717, 1.165) is 12.1 Å². The number of nitrogens with zero attached hydrogens (tertiary/aromatic N) is 2. The summed E-state index contributed by atoms with van der Waals surface area (Å²) in [7, 11) is 0. The van der Waals surface area contributed by atoms with Crippen LogP contribution in [0, 0.1) is 20.2 Å². The minimum Gasteiger partial charge on any atom is -0.398 e. The zero-order valence-electron chi connectivity index (χ0n) is 7.97. The zero-order valence-corrected chi connectivity index (χ0v) is 7.97. The van der Waals surface area contributed by atoms with Crippen molar-refractivity contribution in [2.75, 3.05) is 5.73 Å². The maximum absolute atomic E-state index is 10.6. The number of hydrogen-bond donors (Lipinski definition) is 1. The summed E-state index contributed by atoms with van der Waals surface area (Å²) in [5, 5.41) is 21.3. The Morgan fingerprint density at radius 1 is 1.20 bits per heavy atom. The second-order valence-corrected chi connectivity index (χ2v) is 2.91. The molecule has 0 aliphatic heterocycles. The van der Waals surface area contributed by atoms with Gasteiger partial charge in [-0.1, -0.05) is 6.92 Å². The van der Waals surface area contributed by atoms with Crippen molar-refractivity contribution in [1.82, 2.24) is 0 Å². The van der Waals surface area contributed by atoms with E-state index in [9.17, 15) is 20.2 Å². The van der Waals surface area contributed by atoms with Gasteiger partial charge in [0.15, 0.2) is 0 Å². The molecule has 1 aromatic carbocycles. The van der Waals surface area contributed by atoms with Gasteiger partial charge in [0.2, 0.25) is 0 Å². The lowest BCUT2D eigenvalue weighted by atomic mass is 10.1. The lowest BCUT2D eigenvalue weighted by molar-refractivity contribution is -0.395. The van der Waals surface area contributed by atoms with Crippen LogP contribution < -0.4 is 5.73 Å². The van der Waals surface area contributed by atoms with Gasteiger partial charge < -0.3 is 5.73 Å². The Bertz CT molecular complexity index is 395. The van der Waals surface area contributed by atoms with E-state index in [-0.39, 0.29) is 29.0 Å². The average molecular weight is 211 g/mol. The fourth-order valence-corrected chi connectivity index (χ4v) is 1.35. The molecule has 0 amide bonds. The van der Waals surface area contributed by atoms with Crippen LogP contribution in [0.25, 0.3) is 0 Å². The Labute approximate surface area is 84.8 Å². The minimum atomic E-state index is -0.664. The normalized spacial score (nSPS) is 9.93. The Morgan fingerprint density at radius 2 is 1.60 bits per heavy atom. The van der Waals surface area contributed by atoms with Crippen molar-refractivity contribution in [1.29, 1.82) is 0 Å². The van der Waals surface area contributed by atoms with Crippen molar-refractivity contribution in [3.8, 4) is 0 Å². The van der Waals surface area contributed by atoms with E-state index < -0.39 is 9.85 Å². The molecule has 0 spiro atoms. The Kier molecular flexibility index (Phi) is 2.84. The van der Waals surface area contributed by atoms with E-state index in [1.807, 2.05) is 0 Å². The molecule has 0 radical (unpaired) electrons. The molecule has 0 saturated carbocycles. The summed E-state index contributed by atoms with van der Waals surface area (Å²) >= 11 is 0. The van der Waals surface area contributed by atoms with Crippen molar-refractivity contribution < 1.29 is 9.85 Å². The lowest BCUT2D eigenvalue weighted by Crippen LogP contribution is -2.02. The van der Waals surface area contributed by atoms with Crippen molar-refractivity contribution in [3.63, 3.8) is 0 Å². The fourth-order valence-electron chi connectivity index (χ4n) is 1.35. The number of hydrogen-bond acceptors (Lipinski definition) is 5. The molecule has 0 bridgehead atoms. The highest BCUT2D eigenvalue weighted by molar-refractivity contribution is 5.62. The summed E-state index contributed by atoms with van der Waals surface area (Å²) in [5.41, 5.74) is 4.86. The molecule has 0 fully saturated rings. The van der Waals surface area contributed by atoms with Gasteiger partial charge in [0.1, 0.15) is 5.56 Å². The van der Waals surface area contributed by atoms with E-state index in [2.05, 4.69) is 0 Å². The molecule has 1 aromatic rings. The first-order chi connectivity index (χ1) is 6.97. The number of rotatable bonds is 3. The van der Waals surface area contributed by atoms with Crippen LogP contribution in [0.5, 0.6) is 0 Å². The highest BCUT2D eigenvalue weighted by Gasteiger charge is 2.24. The van der Waals surface area contributed by atoms with Crippen molar-refractivity contribution in [2.45, 2.75) is 13.3 Å². The first-order valence-corrected chi connectivity index (χ1v) is 4.18. The Hall–Kier alpha value is -2.18. The van der Waals surface area contributed by atoms with Crippen LogP contribution in [-0.2, 0) is 6.42 Å². The molecule has 0 aliphatic carbocycles. The monoisotopic (exact) mass is 211 g/mol. The fraction of sp³-hybridized carbons (Fsp3) is 0.250. The van der Waals surface area contributed by atoms with Gasteiger partial charge in [-0.3, -0.25) is 20.2 Å². The van der Waals surface area contributed by atoms with Crippen LogP contribution in [0.15, 0.2) is 12.1 Å². The summed E-state index contributed by atoms with van der Waals surface area (Å²) in [5.74, 6) is 0. The van der Waals surface area contributed by atoms with Gasteiger partial charge in [-0.15, -0.1) is 0 Å². The number of nitrogen functional groups attached to an aromatic ring is 1. The van der Waals surface area contributed by atoms with E-state index in [1.165, 1.54) is 0 Å². The van der Waals surface area contributed by atoms with Crippen LogP contribution in [0.3, 0.4) is 0 Å². The number of nitro groups is 2. The van der Waals surface area contributed by atoms with Gasteiger partial charge >= 0.3 is 0 Å². The Balaban J connectivity index is 3.52. The second-order valence-electron chi connectivity index (χ2n) is 2.91.